The summed E-state index contributed by atoms with van der Waals surface area (Å²) in [6.07, 6.45) is 2.53. The summed E-state index contributed by atoms with van der Waals surface area (Å²) in [6, 6.07) is 6.26. The maximum Gasteiger partial charge on any atom is 0.356 e. The van der Waals surface area contributed by atoms with Crippen molar-refractivity contribution in [3.63, 3.8) is 0 Å². The first kappa shape index (κ1) is 11.8. The molecule has 0 saturated carbocycles. The smallest absolute Gasteiger partial charge is 0.356 e. The highest BCUT2D eigenvalue weighted by Gasteiger charge is 2.05. The standard InChI is InChI=1S/C12H10N2O4/c15-9-1-3-10(4-2-9)18-7-8-5-14-11(6-13-8)12(16)17/h1-6,15H,7H2,(H,16,17). The van der Waals surface area contributed by atoms with Crippen LogP contribution in [0.5, 0.6) is 11.5 Å². The topological polar surface area (TPSA) is 92.5 Å². The van der Waals surface area contributed by atoms with Gasteiger partial charge >= 0.3 is 5.97 Å². The Morgan fingerprint density at radius 3 is 2.44 bits per heavy atom. The zero-order chi connectivity index (χ0) is 13.0. The van der Waals surface area contributed by atoms with E-state index in [1.54, 1.807) is 12.1 Å². The fraction of sp³-hybridized carbons (Fsp3) is 0.0833. The van der Waals surface area contributed by atoms with Crippen LogP contribution in [-0.2, 0) is 6.61 Å². The van der Waals surface area contributed by atoms with Crippen LogP contribution in [0.3, 0.4) is 0 Å². The number of carbonyl (C=O) groups is 1. The third kappa shape index (κ3) is 2.94. The van der Waals surface area contributed by atoms with Crippen molar-refractivity contribution < 1.29 is 19.7 Å². The van der Waals surface area contributed by atoms with E-state index in [2.05, 4.69) is 9.97 Å². The number of hydrogen-bond donors (Lipinski definition) is 2. The minimum absolute atomic E-state index is 0.108. The third-order valence-electron chi connectivity index (χ3n) is 2.15. The summed E-state index contributed by atoms with van der Waals surface area (Å²) < 4.78 is 5.39. The normalized spacial score (nSPS) is 10.0. The van der Waals surface area contributed by atoms with Gasteiger partial charge in [-0.05, 0) is 24.3 Å². The minimum Gasteiger partial charge on any atom is -0.508 e. The number of benzene rings is 1. The molecule has 0 aliphatic rings. The van der Waals surface area contributed by atoms with E-state index in [1.807, 2.05) is 0 Å². The van der Waals surface area contributed by atoms with E-state index in [0.29, 0.717) is 11.4 Å². The second-order valence-corrected chi connectivity index (χ2v) is 3.48. The number of phenols is 1. The Morgan fingerprint density at radius 2 is 1.89 bits per heavy atom. The van der Waals surface area contributed by atoms with Crippen LogP contribution in [0.15, 0.2) is 36.7 Å². The number of carboxylic acid groups (broad SMARTS) is 1. The summed E-state index contributed by atoms with van der Waals surface area (Å²) >= 11 is 0. The van der Waals surface area contributed by atoms with Gasteiger partial charge in [-0.1, -0.05) is 0 Å². The van der Waals surface area contributed by atoms with Crippen LogP contribution in [0.25, 0.3) is 0 Å². The van der Waals surface area contributed by atoms with Crippen LogP contribution in [0.1, 0.15) is 16.2 Å². The predicted octanol–water partition coefficient (Wildman–Crippen LogP) is 1.46. The molecule has 2 aromatic rings. The molecule has 0 amide bonds. The van der Waals surface area contributed by atoms with Gasteiger partial charge in [-0.2, -0.15) is 0 Å². The lowest BCUT2D eigenvalue weighted by Crippen LogP contribution is -2.04. The zero-order valence-electron chi connectivity index (χ0n) is 9.28. The van der Waals surface area contributed by atoms with E-state index in [4.69, 9.17) is 14.9 Å². The molecular formula is C12H10N2O4. The van der Waals surface area contributed by atoms with E-state index in [0.717, 1.165) is 0 Å². The van der Waals surface area contributed by atoms with Crippen molar-refractivity contribution in [3.8, 4) is 11.5 Å². The summed E-state index contributed by atoms with van der Waals surface area (Å²) in [6.45, 7) is 0.178. The molecule has 0 unspecified atom stereocenters. The van der Waals surface area contributed by atoms with Crippen LogP contribution >= 0.6 is 0 Å². The lowest BCUT2D eigenvalue weighted by Gasteiger charge is -2.05. The summed E-state index contributed by atoms with van der Waals surface area (Å²) in [4.78, 5) is 18.2. The SMILES string of the molecule is O=C(O)c1cnc(COc2ccc(O)cc2)cn1. The summed E-state index contributed by atoms with van der Waals surface area (Å²) in [5, 5.41) is 17.7. The zero-order valence-corrected chi connectivity index (χ0v) is 9.28. The first-order valence-electron chi connectivity index (χ1n) is 5.11. The molecule has 0 fully saturated rings. The molecule has 0 bridgehead atoms. The van der Waals surface area contributed by atoms with E-state index in [1.165, 1.54) is 24.5 Å². The van der Waals surface area contributed by atoms with Gasteiger partial charge in [-0.15, -0.1) is 0 Å². The Balaban J connectivity index is 1.97. The molecule has 1 aromatic heterocycles. The second-order valence-electron chi connectivity index (χ2n) is 3.48. The van der Waals surface area contributed by atoms with Crippen molar-refractivity contribution in [1.82, 2.24) is 9.97 Å². The second kappa shape index (κ2) is 5.13. The van der Waals surface area contributed by atoms with Crippen molar-refractivity contribution in [2.45, 2.75) is 6.61 Å². The molecule has 0 radical (unpaired) electrons. The Kier molecular flexibility index (Phi) is 3.38. The number of aromatic hydroxyl groups is 1. The van der Waals surface area contributed by atoms with Crippen molar-refractivity contribution in [2.75, 3.05) is 0 Å². The van der Waals surface area contributed by atoms with Gasteiger partial charge in [0.25, 0.3) is 0 Å². The number of aromatic carboxylic acids is 1. The molecule has 0 saturated heterocycles. The van der Waals surface area contributed by atoms with Crippen LogP contribution < -0.4 is 4.74 Å². The van der Waals surface area contributed by atoms with Crippen LogP contribution in [0.2, 0.25) is 0 Å². The molecule has 2 rings (SSSR count). The molecule has 1 aromatic carbocycles. The summed E-state index contributed by atoms with van der Waals surface area (Å²) in [7, 11) is 0. The Hall–Kier alpha value is -2.63. The maximum absolute atomic E-state index is 10.6. The van der Waals surface area contributed by atoms with Gasteiger partial charge in [-0.25, -0.2) is 9.78 Å². The van der Waals surface area contributed by atoms with Gasteiger partial charge in [0, 0.05) is 0 Å². The number of phenolic OH excluding ortho intramolecular Hbond substituents is 1. The number of carboxylic acids is 1. The maximum atomic E-state index is 10.6. The van der Waals surface area contributed by atoms with Crippen LogP contribution in [0.4, 0.5) is 0 Å². The predicted molar refractivity (Wildman–Crippen MR) is 61.4 cm³/mol. The quantitative estimate of drug-likeness (QED) is 0.848. The average molecular weight is 246 g/mol. The van der Waals surface area contributed by atoms with Gasteiger partial charge in [-0.3, -0.25) is 4.98 Å². The Bertz CT molecular complexity index is 537. The van der Waals surface area contributed by atoms with Gasteiger partial charge in [0.15, 0.2) is 5.69 Å². The summed E-state index contributed by atoms with van der Waals surface area (Å²) in [5.74, 6) is -0.377. The first-order chi connectivity index (χ1) is 8.65. The fourth-order valence-electron chi connectivity index (χ4n) is 1.24. The van der Waals surface area contributed by atoms with Gasteiger partial charge < -0.3 is 14.9 Å². The van der Waals surface area contributed by atoms with E-state index in [9.17, 15) is 4.79 Å². The lowest BCUT2D eigenvalue weighted by molar-refractivity contribution is 0.0689. The van der Waals surface area contributed by atoms with E-state index < -0.39 is 5.97 Å². The first-order valence-corrected chi connectivity index (χ1v) is 5.11. The molecule has 18 heavy (non-hydrogen) atoms. The van der Waals surface area contributed by atoms with E-state index in [-0.39, 0.29) is 18.1 Å². The molecule has 0 aliphatic carbocycles. The molecule has 0 spiro atoms. The van der Waals surface area contributed by atoms with Crippen molar-refractivity contribution in [2.24, 2.45) is 0 Å². The van der Waals surface area contributed by atoms with E-state index >= 15 is 0 Å². The monoisotopic (exact) mass is 246 g/mol. The van der Waals surface area contributed by atoms with Gasteiger partial charge in [0.1, 0.15) is 18.1 Å². The molecule has 6 heteroatoms. The molecule has 92 valence electrons. The molecular weight excluding hydrogens is 236 g/mol. The van der Waals surface area contributed by atoms with Crippen molar-refractivity contribution >= 4 is 5.97 Å². The number of aromatic nitrogens is 2. The Labute approximate surface area is 103 Å². The van der Waals surface area contributed by atoms with Crippen molar-refractivity contribution in [3.05, 3.63) is 48.0 Å². The summed E-state index contributed by atoms with van der Waals surface area (Å²) in [5.41, 5.74) is 0.413. The number of ether oxygens (including phenoxy) is 1. The average Bonchev–Trinajstić information content (AvgIpc) is 2.38. The largest absolute Gasteiger partial charge is 0.508 e. The highest BCUT2D eigenvalue weighted by atomic mass is 16.5. The Morgan fingerprint density at radius 1 is 1.17 bits per heavy atom. The van der Waals surface area contributed by atoms with Crippen molar-refractivity contribution in [1.29, 1.82) is 0 Å². The van der Waals surface area contributed by atoms with Crippen LogP contribution in [-0.4, -0.2) is 26.2 Å². The van der Waals surface area contributed by atoms with Crippen LogP contribution in [0, 0.1) is 0 Å². The minimum atomic E-state index is -1.12. The van der Waals surface area contributed by atoms with Gasteiger partial charge in [0.05, 0.1) is 18.1 Å². The number of hydrogen-bond acceptors (Lipinski definition) is 5. The molecule has 6 nitrogen and oxygen atoms in total. The lowest BCUT2D eigenvalue weighted by atomic mass is 10.3. The van der Waals surface area contributed by atoms with Gasteiger partial charge in [0.2, 0.25) is 0 Å². The highest BCUT2D eigenvalue weighted by molar-refractivity contribution is 5.84. The highest BCUT2D eigenvalue weighted by Crippen LogP contribution is 2.16. The third-order valence-corrected chi connectivity index (χ3v) is 2.15. The fourth-order valence-corrected chi connectivity index (χ4v) is 1.24. The molecule has 0 aliphatic heterocycles. The number of nitrogens with zero attached hydrogens (tertiary/aromatic N) is 2. The molecule has 2 N–H and O–H groups in total. The molecule has 1 heterocycles. The molecule has 0 atom stereocenters. The number of rotatable bonds is 4.